The highest BCUT2D eigenvalue weighted by Gasteiger charge is 2.22. The molecule has 1 aliphatic rings. The Morgan fingerprint density at radius 3 is 2.86 bits per heavy atom. The molecule has 1 aromatic carbocycles. The molecule has 116 valence electrons. The molecule has 0 radical (unpaired) electrons. The number of aryl methyl sites for hydroxylation is 3. The summed E-state index contributed by atoms with van der Waals surface area (Å²) in [6.45, 7) is 4.27. The standard InChI is InChI=1S/C17H21N3O2/c1-11-16(12(2)20(3)19-11)17(21)18-14-9-8-13-6-4-5-7-15(13)22-10-14/h4-7,14H,8-10H2,1-3H3,(H,18,21)/t14-/m0/s1. The molecule has 22 heavy (non-hydrogen) atoms. The minimum Gasteiger partial charge on any atom is -0.491 e. The van der Waals surface area contributed by atoms with E-state index in [4.69, 9.17) is 4.74 Å². The second kappa shape index (κ2) is 5.83. The smallest absolute Gasteiger partial charge is 0.255 e. The molecule has 0 saturated heterocycles. The fraction of sp³-hybridized carbons (Fsp3) is 0.412. The van der Waals surface area contributed by atoms with Crippen LogP contribution in [0.25, 0.3) is 0 Å². The van der Waals surface area contributed by atoms with Gasteiger partial charge in [-0.2, -0.15) is 5.10 Å². The molecular weight excluding hydrogens is 278 g/mol. The topological polar surface area (TPSA) is 56.2 Å². The van der Waals surface area contributed by atoms with Crippen molar-refractivity contribution < 1.29 is 9.53 Å². The van der Waals surface area contributed by atoms with Gasteiger partial charge in [-0.1, -0.05) is 18.2 Å². The summed E-state index contributed by atoms with van der Waals surface area (Å²) in [5.74, 6) is 0.857. The second-order valence-corrected chi connectivity index (χ2v) is 5.80. The lowest BCUT2D eigenvalue weighted by Crippen LogP contribution is -2.39. The van der Waals surface area contributed by atoms with Crippen LogP contribution in [0.15, 0.2) is 24.3 Å². The second-order valence-electron chi connectivity index (χ2n) is 5.80. The SMILES string of the molecule is Cc1nn(C)c(C)c1C(=O)N[C@H]1CCc2ccccc2OC1. The van der Waals surface area contributed by atoms with E-state index in [9.17, 15) is 4.79 Å². The van der Waals surface area contributed by atoms with Crippen LogP contribution in [0.3, 0.4) is 0 Å². The number of benzene rings is 1. The Bertz CT molecular complexity index is 679. The first-order valence-corrected chi connectivity index (χ1v) is 7.58. The molecule has 1 aromatic heterocycles. The van der Waals surface area contributed by atoms with Gasteiger partial charge in [0.05, 0.1) is 17.3 Å². The van der Waals surface area contributed by atoms with E-state index >= 15 is 0 Å². The van der Waals surface area contributed by atoms with Crippen LogP contribution in [0.4, 0.5) is 0 Å². The van der Waals surface area contributed by atoms with E-state index in [1.807, 2.05) is 39.1 Å². The third kappa shape index (κ3) is 2.71. The van der Waals surface area contributed by atoms with E-state index in [-0.39, 0.29) is 11.9 Å². The molecule has 0 unspecified atom stereocenters. The first kappa shape index (κ1) is 14.6. The van der Waals surface area contributed by atoms with Crippen molar-refractivity contribution >= 4 is 5.91 Å². The first-order valence-electron chi connectivity index (χ1n) is 7.58. The van der Waals surface area contributed by atoms with Crippen molar-refractivity contribution in [1.29, 1.82) is 0 Å². The maximum absolute atomic E-state index is 12.5. The van der Waals surface area contributed by atoms with Crippen LogP contribution in [0.2, 0.25) is 0 Å². The molecule has 2 heterocycles. The highest BCUT2D eigenvalue weighted by atomic mass is 16.5. The lowest BCUT2D eigenvalue weighted by atomic mass is 10.1. The number of hydrogen-bond acceptors (Lipinski definition) is 3. The lowest BCUT2D eigenvalue weighted by molar-refractivity contribution is 0.0920. The van der Waals surface area contributed by atoms with E-state index in [0.29, 0.717) is 12.2 Å². The molecule has 2 aromatic rings. The van der Waals surface area contributed by atoms with E-state index in [2.05, 4.69) is 16.5 Å². The summed E-state index contributed by atoms with van der Waals surface area (Å²) < 4.78 is 7.57. The Balaban J connectivity index is 1.71. The predicted octanol–water partition coefficient (Wildman–Crippen LogP) is 2.16. The maximum atomic E-state index is 12.5. The van der Waals surface area contributed by atoms with Gasteiger partial charge >= 0.3 is 0 Å². The molecule has 0 fully saturated rings. The minimum atomic E-state index is -0.0670. The third-order valence-corrected chi connectivity index (χ3v) is 4.25. The van der Waals surface area contributed by atoms with Gasteiger partial charge in [-0.3, -0.25) is 9.48 Å². The van der Waals surface area contributed by atoms with E-state index in [1.54, 1.807) is 4.68 Å². The molecular formula is C17H21N3O2. The number of rotatable bonds is 2. The Hall–Kier alpha value is -2.30. The quantitative estimate of drug-likeness (QED) is 0.924. The van der Waals surface area contributed by atoms with Gasteiger partial charge in [-0.25, -0.2) is 0 Å². The number of nitrogens with one attached hydrogen (secondary N) is 1. The van der Waals surface area contributed by atoms with E-state index in [0.717, 1.165) is 30.0 Å². The number of amides is 1. The summed E-state index contributed by atoms with van der Waals surface area (Å²) in [5.41, 5.74) is 3.51. The number of carbonyl (C=O) groups is 1. The van der Waals surface area contributed by atoms with Gasteiger partial charge in [0, 0.05) is 12.7 Å². The van der Waals surface area contributed by atoms with Crippen molar-refractivity contribution in [2.45, 2.75) is 32.7 Å². The van der Waals surface area contributed by atoms with Crippen LogP contribution < -0.4 is 10.1 Å². The van der Waals surface area contributed by atoms with Gasteiger partial charge in [-0.15, -0.1) is 0 Å². The third-order valence-electron chi connectivity index (χ3n) is 4.25. The van der Waals surface area contributed by atoms with Gasteiger partial charge in [0.15, 0.2) is 0 Å². The summed E-state index contributed by atoms with van der Waals surface area (Å²) in [6.07, 6.45) is 1.78. The zero-order valence-corrected chi connectivity index (χ0v) is 13.2. The number of ether oxygens (including phenoxy) is 1. The summed E-state index contributed by atoms with van der Waals surface area (Å²) in [4.78, 5) is 12.5. The van der Waals surface area contributed by atoms with Crippen LogP contribution in [-0.2, 0) is 13.5 Å². The lowest BCUT2D eigenvalue weighted by Gasteiger charge is -2.16. The van der Waals surface area contributed by atoms with Gasteiger partial charge < -0.3 is 10.1 Å². The molecule has 5 nitrogen and oxygen atoms in total. The zero-order valence-electron chi connectivity index (χ0n) is 13.2. The van der Waals surface area contributed by atoms with Gasteiger partial charge in [0.25, 0.3) is 5.91 Å². The van der Waals surface area contributed by atoms with Gasteiger partial charge in [0.2, 0.25) is 0 Å². The van der Waals surface area contributed by atoms with E-state index < -0.39 is 0 Å². The molecule has 0 spiro atoms. The molecule has 0 saturated carbocycles. The predicted molar refractivity (Wildman–Crippen MR) is 84.2 cm³/mol. The Morgan fingerprint density at radius 1 is 1.36 bits per heavy atom. The highest BCUT2D eigenvalue weighted by Crippen LogP contribution is 2.23. The van der Waals surface area contributed by atoms with Crippen molar-refractivity contribution in [1.82, 2.24) is 15.1 Å². The molecule has 3 rings (SSSR count). The average molecular weight is 299 g/mol. The van der Waals surface area contributed by atoms with Crippen LogP contribution >= 0.6 is 0 Å². The Morgan fingerprint density at radius 2 is 2.14 bits per heavy atom. The largest absolute Gasteiger partial charge is 0.491 e. The van der Waals surface area contributed by atoms with Crippen LogP contribution in [-0.4, -0.2) is 28.3 Å². The highest BCUT2D eigenvalue weighted by molar-refractivity contribution is 5.96. The van der Waals surface area contributed by atoms with Gasteiger partial charge in [-0.05, 0) is 38.3 Å². The fourth-order valence-corrected chi connectivity index (χ4v) is 2.93. The molecule has 1 aliphatic heterocycles. The van der Waals surface area contributed by atoms with Crippen LogP contribution in [0.1, 0.15) is 33.7 Å². The van der Waals surface area contributed by atoms with Gasteiger partial charge in [0.1, 0.15) is 12.4 Å². The number of nitrogens with zero attached hydrogens (tertiary/aromatic N) is 2. The summed E-state index contributed by atoms with van der Waals surface area (Å²) in [5, 5.41) is 7.39. The Labute approximate surface area is 130 Å². The molecule has 0 aliphatic carbocycles. The van der Waals surface area contributed by atoms with Crippen molar-refractivity contribution in [3.63, 3.8) is 0 Å². The molecule has 0 bridgehead atoms. The fourth-order valence-electron chi connectivity index (χ4n) is 2.93. The number of carbonyl (C=O) groups excluding carboxylic acids is 1. The minimum absolute atomic E-state index is 0.0129. The van der Waals surface area contributed by atoms with Crippen molar-refractivity contribution in [2.75, 3.05) is 6.61 Å². The first-order chi connectivity index (χ1) is 10.6. The van der Waals surface area contributed by atoms with Crippen molar-refractivity contribution in [3.8, 4) is 5.75 Å². The summed E-state index contributed by atoms with van der Waals surface area (Å²) in [7, 11) is 1.85. The maximum Gasteiger partial charge on any atom is 0.255 e. The molecule has 5 heteroatoms. The van der Waals surface area contributed by atoms with Crippen LogP contribution in [0.5, 0.6) is 5.75 Å². The van der Waals surface area contributed by atoms with Crippen molar-refractivity contribution in [3.05, 3.63) is 46.8 Å². The van der Waals surface area contributed by atoms with Crippen LogP contribution in [0, 0.1) is 13.8 Å². The zero-order chi connectivity index (χ0) is 15.7. The normalized spacial score (nSPS) is 17.3. The number of para-hydroxylation sites is 1. The molecule has 1 amide bonds. The van der Waals surface area contributed by atoms with Crippen molar-refractivity contribution in [2.24, 2.45) is 7.05 Å². The number of hydrogen-bond donors (Lipinski definition) is 1. The number of aromatic nitrogens is 2. The van der Waals surface area contributed by atoms with E-state index in [1.165, 1.54) is 5.56 Å². The molecule has 1 N–H and O–H groups in total. The summed E-state index contributed by atoms with van der Waals surface area (Å²) >= 11 is 0. The summed E-state index contributed by atoms with van der Waals surface area (Å²) in [6, 6.07) is 8.06. The molecule has 1 atom stereocenters. The average Bonchev–Trinajstić information content (AvgIpc) is 2.66. The Kier molecular flexibility index (Phi) is 3.88. The number of fused-ring (bicyclic) bond motifs is 1. The monoisotopic (exact) mass is 299 g/mol.